The van der Waals surface area contributed by atoms with Gasteiger partial charge in [-0.3, -0.25) is 14.3 Å². The van der Waals surface area contributed by atoms with E-state index < -0.39 is 35.4 Å². The first-order valence-electron chi connectivity index (χ1n) is 5.01. The van der Waals surface area contributed by atoms with Crippen molar-refractivity contribution in [1.82, 2.24) is 9.55 Å². The highest BCUT2D eigenvalue weighted by Gasteiger charge is 2.35. The van der Waals surface area contributed by atoms with Gasteiger partial charge in [0.05, 0.1) is 18.9 Å². The predicted molar refractivity (Wildman–Crippen MR) is 54.6 cm³/mol. The average molecular weight is 244 g/mol. The van der Waals surface area contributed by atoms with Gasteiger partial charge in [0, 0.05) is 6.42 Å². The molecule has 2 heterocycles. The zero-order chi connectivity index (χ0) is 12.6. The molecule has 8 heteroatoms. The monoisotopic (exact) mass is 244 g/mol. The van der Waals surface area contributed by atoms with Crippen molar-refractivity contribution in [3.63, 3.8) is 0 Å². The summed E-state index contributed by atoms with van der Waals surface area (Å²) in [6.07, 6.45) is -1.46. The van der Waals surface area contributed by atoms with E-state index in [1.807, 2.05) is 4.98 Å². The number of aromatic hydroxyl groups is 1. The lowest BCUT2D eigenvalue weighted by Crippen LogP contribution is -2.32. The van der Waals surface area contributed by atoms with Crippen LogP contribution >= 0.6 is 0 Å². The Kier molecular flexibility index (Phi) is 3.01. The summed E-state index contributed by atoms with van der Waals surface area (Å²) in [5, 5.41) is 27.6. The van der Waals surface area contributed by atoms with Crippen molar-refractivity contribution in [3.05, 3.63) is 27.0 Å². The van der Waals surface area contributed by atoms with E-state index in [2.05, 4.69) is 0 Å². The molecule has 1 aromatic rings. The Morgan fingerprint density at radius 2 is 2.24 bits per heavy atom. The second-order valence-corrected chi connectivity index (χ2v) is 3.80. The smallest absolute Gasteiger partial charge is 0.330 e. The minimum atomic E-state index is -0.897. The maximum atomic E-state index is 11.5. The second-order valence-electron chi connectivity index (χ2n) is 3.80. The molecule has 1 aliphatic rings. The molecule has 2 rings (SSSR count). The molecular formula is C9H12N2O6. The van der Waals surface area contributed by atoms with Gasteiger partial charge in [-0.25, -0.2) is 4.79 Å². The maximum absolute atomic E-state index is 11.5. The van der Waals surface area contributed by atoms with Crippen LogP contribution < -0.4 is 11.2 Å². The van der Waals surface area contributed by atoms with Gasteiger partial charge in [-0.05, 0) is 0 Å². The van der Waals surface area contributed by atoms with Crippen LogP contribution in [0.25, 0.3) is 0 Å². The van der Waals surface area contributed by atoms with E-state index in [-0.39, 0.29) is 13.0 Å². The van der Waals surface area contributed by atoms with E-state index >= 15 is 0 Å². The summed E-state index contributed by atoms with van der Waals surface area (Å²) >= 11 is 0. The fourth-order valence-corrected chi connectivity index (χ4v) is 1.74. The van der Waals surface area contributed by atoms with Gasteiger partial charge >= 0.3 is 5.69 Å². The molecule has 1 fully saturated rings. The van der Waals surface area contributed by atoms with Crippen LogP contribution in [-0.2, 0) is 4.74 Å². The Morgan fingerprint density at radius 3 is 2.82 bits per heavy atom. The Bertz CT molecular complexity index is 521. The molecule has 0 spiro atoms. The summed E-state index contributed by atoms with van der Waals surface area (Å²) in [5.74, 6) is -0.616. The number of hydrogen-bond donors (Lipinski definition) is 4. The molecule has 0 unspecified atom stereocenters. The topological polar surface area (TPSA) is 125 Å². The van der Waals surface area contributed by atoms with E-state index in [0.29, 0.717) is 0 Å². The number of nitrogens with one attached hydrogen (secondary N) is 1. The molecule has 1 aromatic heterocycles. The first-order valence-corrected chi connectivity index (χ1v) is 5.01. The standard InChI is InChI=1S/C9H12N2O6/c12-3-6-4(13)1-7(17-6)11-2-5(14)8(15)10-9(11)16/h2,4,6-7,12-14H,1,3H2,(H,10,15,16)/t4-,6+,7-/m1/s1. The normalized spacial score (nSPS) is 28.5. The molecule has 0 bridgehead atoms. The Labute approximate surface area is 94.7 Å². The number of aromatic amines is 1. The SMILES string of the molecule is O=c1[nH]c(=O)n([C@H]2C[C@@H](O)[C@H](CO)O2)cc1O. The quantitative estimate of drug-likeness (QED) is 0.471. The number of aliphatic hydroxyl groups excluding tert-OH is 2. The summed E-state index contributed by atoms with van der Waals surface area (Å²) in [7, 11) is 0. The largest absolute Gasteiger partial charge is 0.502 e. The molecule has 0 amide bonds. The van der Waals surface area contributed by atoms with Gasteiger partial charge in [-0.2, -0.15) is 0 Å². The molecule has 94 valence electrons. The van der Waals surface area contributed by atoms with Crippen molar-refractivity contribution in [2.24, 2.45) is 0 Å². The minimum Gasteiger partial charge on any atom is -0.502 e. The lowest BCUT2D eigenvalue weighted by molar-refractivity contribution is -0.0460. The Hall–Kier alpha value is -1.64. The molecule has 1 aliphatic heterocycles. The molecule has 0 aliphatic carbocycles. The number of aromatic nitrogens is 2. The summed E-state index contributed by atoms with van der Waals surface area (Å²) in [4.78, 5) is 24.3. The van der Waals surface area contributed by atoms with E-state index in [1.54, 1.807) is 0 Å². The highest BCUT2D eigenvalue weighted by molar-refractivity contribution is 5.09. The highest BCUT2D eigenvalue weighted by Crippen LogP contribution is 2.27. The molecule has 3 atom stereocenters. The molecule has 0 radical (unpaired) electrons. The van der Waals surface area contributed by atoms with E-state index in [9.17, 15) is 19.8 Å². The molecular weight excluding hydrogens is 232 g/mol. The Balaban J connectivity index is 2.34. The fourth-order valence-electron chi connectivity index (χ4n) is 1.74. The van der Waals surface area contributed by atoms with Crippen molar-refractivity contribution in [1.29, 1.82) is 0 Å². The minimum absolute atomic E-state index is 0.0939. The van der Waals surface area contributed by atoms with Gasteiger partial charge in [0.1, 0.15) is 12.3 Å². The lowest BCUT2D eigenvalue weighted by atomic mass is 10.2. The Morgan fingerprint density at radius 1 is 1.53 bits per heavy atom. The first-order chi connectivity index (χ1) is 8.02. The summed E-state index contributed by atoms with van der Waals surface area (Å²) in [6.45, 7) is -0.373. The van der Waals surface area contributed by atoms with Crippen molar-refractivity contribution < 1.29 is 20.1 Å². The molecule has 0 aromatic carbocycles. The fraction of sp³-hybridized carbons (Fsp3) is 0.556. The number of rotatable bonds is 2. The second kappa shape index (κ2) is 4.32. The van der Waals surface area contributed by atoms with E-state index in [1.165, 1.54) is 0 Å². The molecule has 17 heavy (non-hydrogen) atoms. The van der Waals surface area contributed by atoms with Crippen LogP contribution in [0.15, 0.2) is 15.8 Å². The van der Waals surface area contributed by atoms with Crippen molar-refractivity contribution in [2.75, 3.05) is 6.61 Å². The summed E-state index contributed by atoms with van der Waals surface area (Å²) in [5.41, 5.74) is -1.63. The van der Waals surface area contributed by atoms with Gasteiger partial charge in [0.25, 0.3) is 5.56 Å². The van der Waals surface area contributed by atoms with Gasteiger partial charge in [-0.15, -0.1) is 0 Å². The molecule has 1 saturated heterocycles. The van der Waals surface area contributed by atoms with Crippen LogP contribution in [0.1, 0.15) is 12.6 Å². The maximum Gasteiger partial charge on any atom is 0.330 e. The third-order valence-corrected chi connectivity index (χ3v) is 2.64. The molecule has 0 saturated carbocycles. The first kappa shape index (κ1) is 11.8. The van der Waals surface area contributed by atoms with Crippen LogP contribution in [0.2, 0.25) is 0 Å². The van der Waals surface area contributed by atoms with E-state index in [4.69, 9.17) is 9.84 Å². The molecule has 8 nitrogen and oxygen atoms in total. The van der Waals surface area contributed by atoms with Crippen molar-refractivity contribution in [2.45, 2.75) is 24.9 Å². The number of ether oxygens (including phenoxy) is 1. The van der Waals surface area contributed by atoms with Crippen LogP contribution in [0.5, 0.6) is 5.75 Å². The van der Waals surface area contributed by atoms with Gasteiger partial charge < -0.3 is 20.1 Å². The molecule has 4 N–H and O–H groups in total. The van der Waals surface area contributed by atoms with E-state index in [0.717, 1.165) is 10.8 Å². The zero-order valence-corrected chi connectivity index (χ0v) is 8.74. The van der Waals surface area contributed by atoms with Crippen molar-refractivity contribution in [3.8, 4) is 5.75 Å². The summed E-state index contributed by atoms with van der Waals surface area (Å²) in [6, 6.07) is 0. The summed E-state index contributed by atoms with van der Waals surface area (Å²) < 4.78 is 6.18. The van der Waals surface area contributed by atoms with Crippen molar-refractivity contribution >= 4 is 0 Å². The average Bonchev–Trinajstić information content (AvgIpc) is 2.65. The van der Waals surface area contributed by atoms with Gasteiger partial charge in [0.2, 0.25) is 0 Å². The third-order valence-electron chi connectivity index (χ3n) is 2.64. The van der Waals surface area contributed by atoms with Crippen LogP contribution in [0, 0.1) is 0 Å². The van der Waals surface area contributed by atoms with Gasteiger partial charge in [-0.1, -0.05) is 0 Å². The third kappa shape index (κ3) is 2.09. The number of nitrogens with zero attached hydrogens (tertiary/aromatic N) is 1. The van der Waals surface area contributed by atoms with Crippen LogP contribution in [-0.4, -0.2) is 43.7 Å². The van der Waals surface area contributed by atoms with Crippen LogP contribution in [0.4, 0.5) is 0 Å². The lowest BCUT2D eigenvalue weighted by Gasteiger charge is -2.14. The van der Waals surface area contributed by atoms with Gasteiger partial charge in [0.15, 0.2) is 5.75 Å². The van der Waals surface area contributed by atoms with Crippen LogP contribution in [0.3, 0.4) is 0 Å². The predicted octanol–water partition coefficient (Wildman–Crippen LogP) is -2.12. The number of aliphatic hydroxyl groups is 2. The highest BCUT2D eigenvalue weighted by atomic mass is 16.5. The zero-order valence-electron chi connectivity index (χ0n) is 8.74. The number of H-pyrrole nitrogens is 1. The number of hydrogen-bond acceptors (Lipinski definition) is 6.